The first-order chi connectivity index (χ1) is 21.4. The molecule has 6 nitrogen and oxygen atoms in total. The van der Waals surface area contributed by atoms with E-state index in [2.05, 4.69) is 18.8 Å². The second kappa shape index (κ2) is 16.7. The van der Waals surface area contributed by atoms with Crippen molar-refractivity contribution in [2.45, 2.75) is 109 Å². The topological polar surface area (TPSA) is 71.1 Å². The van der Waals surface area contributed by atoms with Gasteiger partial charge in [-0.1, -0.05) is 76.5 Å². The van der Waals surface area contributed by atoms with Gasteiger partial charge in [-0.2, -0.15) is 0 Å². The Morgan fingerprint density at radius 3 is 1.91 bits per heavy atom. The van der Waals surface area contributed by atoms with Crippen LogP contribution in [0.25, 0.3) is 0 Å². The number of hydrogen-bond acceptors (Lipinski definition) is 6. The maximum atomic E-state index is 15.1. The molecule has 2 aromatic rings. The van der Waals surface area contributed by atoms with E-state index in [1.54, 1.807) is 36.4 Å². The van der Waals surface area contributed by atoms with Crippen LogP contribution >= 0.6 is 0 Å². The van der Waals surface area contributed by atoms with Crippen LogP contribution in [0.4, 0.5) is 8.78 Å². The summed E-state index contributed by atoms with van der Waals surface area (Å²) in [5.74, 6) is 3.32. The molecule has 2 fully saturated rings. The van der Waals surface area contributed by atoms with Gasteiger partial charge in [-0.05, 0) is 74.1 Å². The number of esters is 2. The largest absolute Gasteiger partial charge is 0.464 e. The molecule has 0 amide bonds. The van der Waals surface area contributed by atoms with Crippen LogP contribution in [0.3, 0.4) is 0 Å². The van der Waals surface area contributed by atoms with Crippen LogP contribution in [0.1, 0.15) is 119 Å². The maximum Gasteiger partial charge on any atom is 0.338 e. The molecule has 1 aliphatic heterocycles. The van der Waals surface area contributed by atoms with E-state index in [9.17, 15) is 14.0 Å². The zero-order chi connectivity index (χ0) is 31.5. The van der Waals surface area contributed by atoms with Crippen LogP contribution < -0.4 is 0 Å². The number of halogens is 2. The fourth-order valence-electron chi connectivity index (χ4n) is 5.76. The smallest absolute Gasteiger partial charge is 0.338 e. The molecule has 1 aliphatic carbocycles. The Morgan fingerprint density at radius 1 is 0.773 bits per heavy atom. The minimum absolute atomic E-state index is 0.00584. The fraction of sp³-hybridized carbons (Fsp3) is 0.556. The van der Waals surface area contributed by atoms with Crippen molar-refractivity contribution in [3.05, 3.63) is 70.3 Å². The molecular formula is C36H44F2O6. The van der Waals surface area contributed by atoms with Crippen LogP contribution in [0.2, 0.25) is 0 Å². The Bertz CT molecular complexity index is 1280. The highest BCUT2D eigenvalue weighted by molar-refractivity contribution is 5.86. The Hall–Kier alpha value is -3.28. The lowest BCUT2D eigenvalue weighted by molar-refractivity contribution is -0.163. The summed E-state index contributed by atoms with van der Waals surface area (Å²) in [4.78, 5) is 25.4. The highest BCUT2D eigenvalue weighted by atomic mass is 19.2. The SMILES string of the molecule is CCCCOC(=O)[C@@H]1OC(c2ccc(C#Cc3ccc(C4CCC(CCC)CC4)c(F)c3F)cc2)O[C@H]1C(=O)OCCCC. The molecule has 1 saturated carbocycles. The van der Waals surface area contributed by atoms with Crippen molar-refractivity contribution in [2.24, 2.45) is 5.92 Å². The normalized spacial score (nSPS) is 21.8. The number of ether oxygens (including phenoxy) is 4. The summed E-state index contributed by atoms with van der Waals surface area (Å²) in [6.07, 6.45) is 5.81. The van der Waals surface area contributed by atoms with E-state index in [0.29, 0.717) is 35.4 Å². The monoisotopic (exact) mass is 610 g/mol. The minimum atomic E-state index is -1.25. The summed E-state index contributed by atoms with van der Waals surface area (Å²) in [5.41, 5.74) is 1.58. The van der Waals surface area contributed by atoms with E-state index < -0.39 is 42.1 Å². The Labute approximate surface area is 259 Å². The van der Waals surface area contributed by atoms with Crippen LogP contribution in [0.5, 0.6) is 0 Å². The van der Waals surface area contributed by atoms with Crippen molar-refractivity contribution >= 4 is 11.9 Å². The Morgan fingerprint density at radius 2 is 1.36 bits per heavy atom. The molecule has 2 atom stereocenters. The number of carbonyl (C=O) groups excluding carboxylic acids is 2. The van der Waals surface area contributed by atoms with Gasteiger partial charge in [0, 0.05) is 11.1 Å². The second-order valence-electron chi connectivity index (χ2n) is 11.7. The third kappa shape index (κ3) is 8.67. The van der Waals surface area contributed by atoms with Crippen LogP contribution in [-0.4, -0.2) is 37.4 Å². The lowest BCUT2D eigenvalue weighted by Crippen LogP contribution is -2.39. The molecule has 2 aliphatic rings. The summed E-state index contributed by atoms with van der Waals surface area (Å²) in [6.45, 7) is 6.58. The van der Waals surface area contributed by atoms with E-state index >= 15 is 4.39 Å². The zero-order valence-corrected chi connectivity index (χ0v) is 26.0. The van der Waals surface area contributed by atoms with Gasteiger partial charge in [0.05, 0.1) is 18.8 Å². The van der Waals surface area contributed by atoms with E-state index in [4.69, 9.17) is 18.9 Å². The zero-order valence-electron chi connectivity index (χ0n) is 26.0. The highest BCUT2D eigenvalue weighted by Crippen LogP contribution is 2.39. The molecular weight excluding hydrogens is 566 g/mol. The Balaban J connectivity index is 1.42. The van der Waals surface area contributed by atoms with Crippen molar-refractivity contribution in [3.8, 4) is 11.8 Å². The first kappa shape index (κ1) is 33.6. The standard InChI is InChI=1S/C36H44F2O6/c1-4-7-22-41-34(39)32-33(35(40)42-23-8-5-2)44-36(43-32)28-18-13-25(14-19-28)12-17-27-20-21-29(31(38)30(27)37)26-15-10-24(9-6-3)11-16-26/h13-14,18-21,24,26,32-33,36H,4-11,15-16,22-23H2,1-3H3/t24?,26?,32-,33-/m1/s1. The lowest BCUT2D eigenvalue weighted by atomic mass is 9.77. The van der Waals surface area contributed by atoms with Gasteiger partial charge in [0.1, 0.15) is 0 Å². The molecule has 0 spiro atoms. The number of unbranched alkanes of at least 4 members (excludes halogenated alkanes) is 2. The third-order valence-electron chi connectivity index (χ3n) is 8.38. The summed E-state index contributed by atoms with van der Waals surface area (Å²) < 4.78 is 52.3. The summed E-state index contributed by atoms with van der Waals surface area (Å²) >= 11 is 0. The van der Waals surface area contributed by atoms with Crippen molar-refractivity contribution in [1.82, 2.24) is 0 Å². The van der Waals surface area contributed by atoms with E-state index in [1.807, 2.05) is 13.8 Å². The van der Waals surface area contributed by atoms with Gasteiger partial charge >= 0.3 is 11.9 Å². The molecule has 0 radical (unpaired) electrons. The molecule has 2 aromatic carbocycles. The summed E-state index contributed by atoms with van der Waals surface area (Å²) in [5, 5.41) is 0. The predicted octanol–water partition coefficient (Wildman–Crippen LogP) is 7.91. The fourth-order valence-corrected chi connectivity index (χ4v) is 5.76. The van der Waals surface area contributed by atoms with Crippen molar-refractivity contribution in [3.63, 3.8) is 0 Å². The van der Waals surface area contributed by atoms with Crippen LogP contribution in [0.15, 0.2) is 36.4 Å². The predicted molar refractivity (Wildman–Crippen MR) is 163 cm³/mol. The van der Waals surface area contributed by atoms with Gasteiger partial charge in [-0.25, -0.2) is 18.4 Å². The quantitative estimate of drug-likeness (QED) is 0.138. The summed E-state index contributed by atoms with van der Waals surface area (Å²) in [6, 6.07) is 9.99. The van der Waals surface area contributed by atoms with E-state index in [1.165, 1.54) is 6.42 Å². The van der Waals surface area contributed by atoms with E-state index in [-0.39, 0.29) is 24.7 Å². The number of carbonyl (C=O) groups is 2. The summed E-state index contributed by atoms with van der Waals surface area (Å²) in [7, 11) is 0. The van der Waals surface area contributed by atoms with E-state index in [0.717, 1.165) is 44.9 Å². The van der Waals surface area contributed by atoms with Gasteiger partial charge in [-0.15, -0.1) is 0 Å². The molecule has 1 heterocycles. The molecule has 44 heavy (non-hydrogen) atoms. The first-order valence-electron chi connectivity index (χ1n) is 16.1. The first-order valence-corrected chi connectivity index (χ1v) is 16.1. The lowest BCUT2D eigenvalue weighted by Gasteiger charge is -2.29. The molecule has 0 aromatic heterocycles. The average molecular weight is 611 g/mol. The van der Waals surface area contributed by atoms with Crippen LogP contribution in [0, 0.1) is 29.4 Å². The van der Waals surface area contributed by atoms with Crippen molar-refractivity contribution < 1.29 is 37.3 Å². The molecule has 238 valence electrons. The number of hydrogen-bond donors (Lipinski definition) is 0. The molecule has 8 heteroatoms. The number of rotatable bonds is 12. The molecule has 4 rings (SSSR count). The van der Waals surface area contributed by atoms with Crippen molar-refractivity contribution in [1.29, 1.82) is 0 Å². The van der Waals surface area contributed by atoms with Gasteiger partial charge in [-0.3, -0.25) is 0 Å². The molecule has 0 N–H and O–H groups in total. The molecule has 1 saturated heterocycles. The second-order valence-corrected chi connectivity index (χ2v) is 11.7. The van der Waals surface area contributed by atoms with Gasteiger partial charge in [0.2, 0.25) is 0 Å². The number of benzene rings is 2. The van der Waals surface area contributed by atoms with Gasteiger partial charge in [0.25, 0.3) is 0 Å². The third-order valence-corrected chi connectivity index (χ3v) is 8.38. The maximum absolute atomic E-state index is 15.1. The Kier molecular flexibility index (Phi) is 12.8. The van der Waals surface area contributed by atoms with Gasteiger partial charge < -0.3 is 18.9 Å². The van der Waals surface area contributed by atoms with Gasteiger partial charge in [0.15, 0.2) is 30.1 Å². The highest BCUT2D eigenvalue weighted by Gasteiger charge is 2.47. The molecule has 0 bridgehead atoms. The van der Waals surface area contributed by atoms with Crippen LogP contribution in [-0.2, 0) is 28.5 Å². The molecule has 0 unspecified atom stereocenters. The van der Waals surface area contributed by atoms with Crippen molar-refractivity contribution in [2.75, 3.05) is 13.2 Å². The minimum Gasteiger partial charge on any atom is -0.464 e. The average Bonchev–Trinajstić information content (AvgIpc) is 3.49.